The Bertz CT molecular complexity index is 656. The van der Waals surface area contributed by atoms with Crippen molar-refractivity contribution in [2.75, 3.05) is 0 Å². The van der Waals surface area contributed by atoms with Gasteiger partial charge in [-0.15, -0.1) is 0 Å². The molecule has 0 spiro atoms. The number of aromatic nitrogens is 2. The highest BCUT2D eigenvalue weighted by atomic mass is 16.3. The van der Waals surface area contributed by atoms with E-state index in [4.69, 9.17) is 0 Å². The minimum absolute atomic E-state index is 0.450. The summed E-state index contributed by atoms with van der Waals surface area (Å²) in [6.07, 6.45) is 5.67. The topological polar surface area (TPSA) is 38.0 Å². The molecule has 1 atom stereocenters. The summed E-state index contributed by atoms with van der Waals surface area (Å²) in [5.74, 6) is 0. The van der Waals surface area contributed by atoms with E-state index in [0.29, 0.717) is 6.42 Å². The zero-order valence-corrected chi connectivity index (χ0v) is 10.6. The predicted molar refractivity (Wildman–Crippen MR) is 75.8 cm³/mol. The highest BCUT2D eigenvalue weighted by Crippen LogP contribution is 2.26. The van der Waals surface area contributed by atoms with Crippen molar-refractivity contribution in [1.82, 2.24) is 9.55 Å². The van der Waals surface area contributed by atoms with Gasteiger partial charge in [0.05, 0.1) is 12.4 Å². The Kier molecular flexibility index (Phi) is 3.29. The molecule has 0 amide bonds. The van der Waals surface area contributed by atoms with Crippen LogP contribution in [0.2, 0.25) is 0 Å². The van der Waals surface area contributed by atoms with E-state index in [0.717, 1.165) is 17.5 Å². The Morgan fingerprint density at radius 1 is 1.11 bits per heavy atom. The van der Waals surface area contributed by atoms with Crippen LogP contribution in [0.4, 0.5) is 0 Å². The van der Waals surface area contributed by atoms with Crippen molar-refractivity contribution < 1.29 is 5.11 Å². The largest absolute Gasteiger partial charge is 0.388 e. The van der Waals surface area contributed by atoms with Gasteiger partial charge in [0.15, 0.2) is 0 Å². The summed E-state index contributed by atoms with van der Waals surface area (Å²) in [5.41, 5.74) is 0.998. The van der Waals surface area contributed by atoms with Gasteiger partial charge in [0.2, 0.25) is 0 Å². The first-order valence-electron chi connectivity index (χ1n) is 6.46. The zero-order chi connectivity index (χ0) is 13.1. The first-order chi connectivity index (χ1) is 9.34. The van der Waals surface area contributed by atoms with Gasteiger partial charge < -0.3 is 9.67 Å². The number of benzene rings is 2. The molecule has 0 fully saturated rings. The van der Waals surface area contributed by atoms with Gasteiger partial charge in [0, 0.05) is 18.9 Å². The second-order valence-electron chi connectivity index (χ2n) is 4.67. The molecule has 1 N–H and O–H groups in total. The molecule has 3 heteroatoms. The Hall–Kier alpha value is -2.13. The lowest BCUT2D eigenvalue weighted by Crippen LogP contribution is -2.04. The molecule has 1 heterocycles. The summed E-state index contributed by atoms with van der Waals surface area (Å²) in [7, 11) is 0. The summed E-state index contributed by atoms with van der Waals surface area (Å²) < 4.78 is 1.98. The standard InChI is InChI=1S/C16H16N2O/c19-16(8-10-18-11-9-17-12-18)15-7-3-5-13-4-1-2-6-14(13)15/h1-7,9,11-12,16,19H,8,10H2. The average molecular weight is 252 g/mol. The number of nitrogens with zero attached hydrogens (tertiary/aromatic N) is 2. The van der Waals surface area contributed by atoms with E-state index in [-0.39, 0.29) is 0 Å². The molecule has 3 rings (SSSR count). The Balaban J connectivity index is 1.83. The molecule has 1 unspecified atom stereocenters. The molecule has 3 aromatic rings. The highest BCUT2D eigenvalue weighted by molar-refractivity contribution is 5.85. The van der Waals surface area contributed by atoms with Crippen molar-refractivity contribution >= 4 is 10.8 Å². The number of imidazole rings is 1. The summed E-state index contributed by atoms with van der Waals surface area (Å²) in [5, 5.41) is 12.7. The third kappa shape index (κ3) is 2.51. The Morgan fingerprint density at radius 2 is 1.95 bits per heavy atom. The van der Waals surface area contributed by atoms with Crippen LogP contribution < -0.4 is 0 Å². The fraction of sp³-hybridized carbons (Fsp3) is 0.188. The van der Waals surface area contributed by atoms with E-state index in [1.807, 2.05) is 35.0 Å². The van der Waals surface area contributed by atoms with Gasteiger partial charge in [0.25, 0.3) is 0 Å². The van der Waals surface area contributed by atoms with Crippen LogP contribution in [0.1, 0.15) is 18.1 Å². The van der Waals surface area contributed by atoms with Gasteiger partial charge in [-0.3, -0.25) is 0 Å². The summed E-state index contributed by atoms with van der Waals surface area (Å²) in [6.45, 7) is 0.768. The van der Waals surface area contributed by atoms with Crippen LogP contribution in [-0.2, 0) is 6.54 Å². The highest BCUT2D eigenvalue weighted by Gasteiger charge is 2.10. The van der Waals surface area contributed by atoms with Gasteiger partial charge in [-0.1, -0.05) is 42.5 Å². The maximum absolute atomic E-state index is 10.4. The van der Waals surface area contributed by atoms with Crippen LogP contribution >= 0.6 is 0 Å². The minimum atomic E-state index is -0.450. The van der Waals surface area contributed by atoms with Gasteiger partial charge in [0.1, 0.15) is 0 Å². The van der Waals surface area contributed by atoms with Crippen LogP contribution in [0, 0.1) is 0 Å². The van der Waals surface area contributed by atoms with Crippen molar-refractivity contribution in [3.05, 3.63) is 66.7 Å². The normalized spacial score (nSPS) is 12.7. The monoisotopic (exact) mass is 252 g/mol. The SMILES string of the molecule is OC(CCn1ccnc1)c1cccc2ccccc12. The quantitative estimate of drug-likeness (QED) is 0.774. The van der Waals surface area contributed by atoms with E-state index in [1.54, 1.807) is 12.5 Å². The fourth-order valence-electron chi connectivity index (χ4n) is 2.39. The second-order valence-corrected chi connectivity index (χ2v) is 4.67. The van der Waals surface area contributed by atoms with Gasteiger partial charge in [-0.25, -0.2) is 4.98 Å². The minimum Gasteiger partial charge on any atom is -0.388 e. The molecule has 0 saturated heterocycles. The Labute approximate surface area is 112 Å². The molecule has 0 aliphatic carbocycles. The third-order valence-electron chi connectivity index (χ3n) is 3.40. The molecular weight excluding hydrogens is 236 g/mol. The van der Waals surface area contributed by atoms with Crippen LogP contribution in [0.3, 0.4) is 0 Å². The predicted octanol–water partition coefficient (Wildman–Crippen LogP) is 3.16. The van der Waals surface area contributed by atoms with E-state index in [9.17, 15) is 5.11 Å². The number of hydrogen-bond donors (Lipinski definition) is 1. The van der Waals surface area contributed by atoms with Crippen molar-refractivity contribution in [2.24, 2.45) is 0 Å². The van der Waals surface area contributed by atoms with Crippen LogP contribution in [0.15, 0.2) is 61.2 Å². The number of rotatable bonds is 4. The van der Waals surface area contributed by atoms with Crippen LogP contribution in [-0.4, -0.2) is 14.7 Å². The molecule has 2 aromatic carbocycles. The fourth-order valence-corrected chi connectivity index (χ4v) is 2.39. The molecule has 96 valence electrons. The number of hydrogen-bond acceptors (Lipinski definition) is 2. The van der Waals surface area contributed by atoms with Gasteiger partial charge in [-0.05, 0) is 22.8 Å². The van der Waals surface area contributed by atoms with E-state index in [2.05, 4.69) is 23.2 Å². The van der Waals surface area contributed by atoms with Crippen molar-refractivity contribution in [3.63, 3.8) is 0 Å². The summed E-state index contributed by atoms with van der Waals surface area (Å²) in [6, 6.07) is 14.2. The molecule has 0 saturated carbocycles. The number of aliphatic hydroxyl groups excluding tert-OH is 1. The molecule has 0 aliphatic rings. The lowest BCUT2D eigenvalue weighted by molar-refractivity contribution is 0.162. The maximum Gasteiger partial charge on any atom is 0.0945 e. The molecule has 3 nitrogen and oxygen atoms in total. The Morgan fingerprint density at radius 3 is 2.79 bits per heavy atom. The van der Waals surface area contributed by atoms with E-state index >= 15 is 0 Å². The first-order valence-corrected chi connectivity index (χ1v) is 6.46. The molecular formula is C16H16N2O. The van der Waals surface area contributed by atoms with Crippen molar-refractivity contribution in [1.29, 1.82) is 0 Å². The molecule has 0 bridgehead atoms. The lowest BCUT2D eigenvalue weighted by Gasteiger charge is -2.14. The van der Waals surface area contributed by atoms with Crippen LogP contribution in [0.25, 0.3) is 10.8 Å². The van der Waals surface area contributed by atoms with E-state index < -0.39 is 6.10 Å². The van der Waals surface area contributed by atoms with Gasteiger partial charge >= 0.3 is 0 Å². The maximum atomic E-state index is 10.4. The third-order valence-corrected chi connectivity index (χ3v) is 3.40. The number of aryl methyl sites for hydroxylation is 1. The van der Waals surface area contributed by atoms with E-state index in [1.165, 1.54) is 5.39 Å². The van der Waals surface area contributed by atoms with Crippen LogP contribution in [0.5, 0.6) is 0 Å². The average Bonchev–Trinajstić information content (AvgIpc) is 2.97. The van der Waals surface area contributed by atoms with Gasteiger partial charge in [-0.2, -0.15) is 0 Å². The number of fused-ring (bicyclic) bond motifs is 1. The molecule has 0 aliphatic heterocycles. The van der Waals surface area contributed by atoms with Crippen molar-refractivity contribution in [3.8, 4) is 0 Å². The number of aliphatic hydroxyl groups is 1. The second kappa shape index (κ2) is 5.24. The summed E-state index contributed by atoms with van der Waals surface area (Å²) in [4.78, 5) is 4.00. The smallest absolute Gasteiger partial charge is 0.0945 e. The van der Waals surface area contributed by atoms with Crippen molar-refractivity contribution in [2.45, 2.75) is 19.1 Å². The first kappa shape index (κ1) is 11.9. The molecule has 0 radical (unpaired) electrons. The summed E-state index contributed by atoms with van der Waals surface area (Å²) >= 11 is 0. The zero-order valence-electron chi connectivity index (χ0n) is 10.6. The molecule has 1 aromatic heterocycles. The lowest BCUT2D eigenvalue weighted by atomic mass is 9.99. The molecule has 19 heavy (non-hydrogen) atoms.